The Morgan fingerprint density at radius 2 is 1.95 bits per heavy atom. The lowest BCUT2D eigenvalue weighted by Gasteiger charge is -2.25. The minimum absolute atomic E-state index is 0.112. The molecule has 1 aromatic heterocycles. The normalized spacial score (nSPS) is 17.2. The molecule has 39 heavy (non-hydrogen) atoms. The van der Waals surface area contributed by atoms with Crippen molar-refractivity contribution in [3.63, 3.8) is 0 Å². The molecule has 9 nitrogen and oxygen atoms in total. The van der Waals surface area contributed by atoms with Crippen molar-refractivity contribution in [2.75, 3.05) is 26.2 Å². The van der Waals surface area contributed by atoms with Crippen LogP contribution >= 0.6 is 11.6 Å². The van der Waals surface area contributed by atoms with E-state index in [-0.39, 0.29) is 30.9 Å². The van der Waals surface area contributed by atoms with Crippen LogP contribution in [-0.4, -0.2) is 60.1 Å². The van der Waals surface area contributed by atoms with E-state index in [9.17, 15) is 14.4 Å². The van der Waals surface area contributed by atoms with Crippen LogP contribution in [0.15, 0.2) is 53.1 Å². The fourth-order valence-electron chi connectivity index (χ4n) is 4.56. The number of carbonyl (C=O) groups is 3. The van der Waals surface area contributed by atoms with Gasteiger partial charge in [-0.2, -0.15) is 0 Å². The Bertz CT molecular complexity index is 1310. The molecule has 2 heterocycles. The van der Waals surface area contributed by atoms with Gasteiger partial charge < -0.3 is 24.8 Å². The monoisotopic (exact) mass is 552 g/mol. The van der Waals surface area contributed by atoms with Gasteiger partial charge in [0, 0.05) is 18.1 Å². The summed E-state index contributed by atoms with van der Waals surface area (Å²) in [5, 5.41) is 10.4. The average Bonchev–Trinajstić information content (AvgIpc) is 3.31. The van der Waals surface area contributed by atoms with Crippen LogP contribution in [-0.2, 0) is 17.6 Å². The molecule has 0 fully saturated rings. The number of amides is 3. The highest BCUT2D eigenvalue weighted by Gasteiger charge is 2.27. The number of fused-ring (bicyclic) bond motifs is 1. The summed E-state index contributed by atoms with van der Waals surface area (Å²) in [5.74, 6) is -0.0998. The van der Waals surface area contributed by atoms with E-state index in [2.05, 4.69) is 15.8 Å². The van der Waals surface area contributed by atoms with Gasteiger partial charge in [-0.1, -0.05) is 54.0 Å². The quantitative estimate of drug-likeness (QED) is 0.506. The van der Waals surface area contributed by atoms with Gasteiger partial charge in [-0.05, 0) is 56.4 Å². The summed E-state index contributed by atoms with van der Waals surface area (Å²) in [7, 11) is 0. The fourth-order valence-corrected chi connectivity index (χ4v) is 4.73. The molecule has 0 spiro atoms. The second-order valence-electron chi connectivity index (χ2n) is 9.51. The molecule has 3 aromatic rings. The first kappa shape index (κ1) is 28.2. The van der Waals surface area contributed by atoms with E-state index in [0.717, 1.165) is 5.56 Å². The minimum atomic E-state index is -0.419. The number of hydrogen-bond donors (Lipinski definition) is 2. The van der Waals surface area contributed by atoms with Crippen LogP contribution in [0, 0.1) is 6.92 Å². The number of hydrogen-bond acceptors (Lipinski definition) is 6. The summed E-state index contributed by atoms with van der Waals surface area (Å²) in [6, 6.07) is 14.2. The molecule has 0 radical (unpaired) electrons. The second kappa shape index (κ2) is 13.3. The van der Waals surface area contributed by atoms with Crippen LogP contribution < -0.4 is 15.4 Å². The summed E-state index contributed by atoms with van der Waals surface area (Å²) >= 11 is 6.17. The summed E-state index contributed by atoms with van der Waals surface area (Å²) in [6.07, 6.45) is 2.22. The first-order chi connectivity index (χ1) is 18.9. The molecule has 4 rings (SSSR count). The highest BCUT2D eigenvalue weighted by Crippen LogP contribution is 2.24. The van der Waals surface area contributed by atoms with E-state index in [4.69, 9.17) is 20.9 Å². The Morgan fingerprint density at radius 3 is 2.72 bits per heavy atom. The fraction of sp³-hybridized carbons (Fsp3) is 0.379. The molecule has 1 aliphatic rings. The Balaban J connectivity index is 1.60. The number of halogens is 1. The van der Waals surface area contributed by atoms with Crippen LogP contribution in [0.2, 0.25) is 5.02 Å². The second-order valence-corrected chi connectivity index (χ2v) is 9.95. The van der Waals surface area contributed by atoms with Gasteiger partial charge in [-0.15, -0.1) is 0 Å². The number of ether oxygens (including phenoxy) is 1. The van der Waals surface area contributed by atoms with Crippen molar-refractivity contribution in [1.82, 2.24) is 20.7 Å². The van der Waals surface area contributed by atoms with Crippen LogP contribution in [0.5, 0.6) is 5.75 Å². The summed E-state index contributed by atoms with van der Waals surface area (Å²) in [6.45, 7) is 4.30. The standard InChI is InChI=1S/C29H33ClN4O5/c1-3-24-27(19(2)39-33-24)29(37)34-14-8-7-13-31-28(36)23-16-21(30)11-12-25(23)38-18-22(32-26(35)17-34)15-20-9-5-4-6-10-20/h4-6,9-12,16,22H,3,7-8,13-15,17-18H2,1-2H3,(H,31,36)(H,32,35)/t22-/m0/s1. The maximum atomic E-state index is 13.5. The van der Waals surface area contributed by atoms with Crippen LogP contribution in [0.1, 0.15) is 57.5 Å². The Hall–Kier alpha value is -3.85. The molecule has 206 valence electrons. The highest BCUT2D eigenvalue weighted by molar-refractivity contribution is 6.31. The van der Waals surface area contributed by atoms with Gasteiger partial charge in [0.1, 0.15) is 23.7 Å². The van der Waals surface area contributed by atoms with Gasteiger partial charge in [-0.3, -0.25) is 14.4 Å². The van der Waals surface area contributed by atoms with E-state index >= 15 is 0 Å². The molecule has 0 aliphatic carbocycles. The Labute approximate surface area is 232 Å². The van der Waals surface area contributed by atoms with Gasteiger partial charge >= 0.3 is 0 Å². The Kier molecular flexibility index (Phi) is 9.59. The van der Waals surface area contributed by atoms with Gasteiger partial charge in [0.15, 0.2) is 0 Å². The summed E-state index contributed by atoms with van der Waals surface area (Å²) < 4.78 is 11.3. The third-order valence-corrected chi connectivity index (χ3v) is 6.80. The van der Waals surface area contributed by atoms with Gasteiger partial charge in [0.2, 0.25) is 5.91 Å². The maximum Gasteiger partial charge on any atom is 0.259 e. The third kappa shape index (κ3) is 7.38. The average molecular weight is 553 g/mol. The lowest BCUT2D eigenvalue weighted by atomic mass is 10.1. The van der Waals surface area contributed by atoms with E-state index in [0.29, 0.717) is 72.1 Å². The van der Waals surface area contributed by atoms with Crippen molar-refractivity contribution in [2.45, 2.75) is 45.6 Å². The zero-order valence-corrected chi connectivity index (χ0v) is 22.9. The van der Waals surface area contributed by atoms with E-state index in [1.165, 1.54) is 4.90 Å². The highest BCUT2D eigenvalue weighted by atomic mass is 35.5. The third-order valence-electron chi connectivity index (χ3n) is 6.56. The molecule has 0 saturated heterocycles. The number of aryl methyl sites for hydroxylation is 2. The molecule has 1 atom stereocenters. The van der Waals surface area contributed by atoms with Crippen molar-refractivity contribution in [3.8, 4) is 5.75 Å². The van der Waals surface area contributed by atoms with Gasteiger partial charge in [0.25, 0.3) is 11.8 Å². The van der Waals surface area contributed by atoms with Crippen molar-refractivity contribution >= 4 is 29.3 Å². The number of aromatic nitrogens is 1. The van der Waals surface area contributed by atoms with E-state index in [1.807, 2.05) is 37.3 Å². The molecule has 10 heteroatoms. The molecular formula is C29H33ClN4O5. The zero-order chi connectivity index (χ0) is 27.8. The number of carbonyl (C=O) groups excluding carboxylic acids is 3. The largest absolute Gasteiger partial charge is 0.491 e. The SMILES string of the molecule is CCc1noc(C)c1C(=O)N1CCCCNC(=O)c2cc(Cl)ccc2OC[C@H](Cc2ccccc2)NC(=O)C1. The van der Waals surface area contributed by atoms with Crippen molar-refractivity contribution in [2.24, 2.45) is 0 Å². The molecule has 0 unspecified atom stereocenters. The summed E-state index contributed by atoms with van der Waals surface area (Å²) in [4.78, 5) is 41.3. The predicted molar refractivity (Wildman–Crippen MR) is 147 cm³/mol. The molecule has 2 aromatic carbocycles. The van der Waals surface area contributed by atoms with Gasteiger partial charge in [0.05, 0.1) is 23.8 Å². The number of nitrogens with one attached hydrogen (secondary N) is 2. The lowest BCUT2D eigenvalue weighted by Crippen LogP contribution is -2.47. The first-order valence-corrected chi connectivity index (χ1v) is 13.5. The minimum Gasteiger partial charge on any atom is -0.491 e. The molecule has 2 N–H and O–H groups in total. The van der Waals surface area contributed by atoms with Crippen LogP contribution in [0.3, 0.4) is 0 Å². The molecule has 1 aliphatic heterocycles. The number of rotatable bonds is 4. The molecule has 3 amide bonds. The predicted octanol–water partition coefficient (Wildman–Crippen LogP) is 3.97. The number of benzene rings is 2. The van der Waals surface area contributed by atoms with Crippen molar-refractivity contribution < 1.29 is 23.6 Å². The van der Waals surface area contributed by atoms with Crippen LogP contribution in [0.4, 0.5) is 0 Å². The molecule has 0 saturated carbocycles. The Morgan fingerprint density at radius 1 is 1.15 bits per heavy atom. The first-order valence-electron chi connectivity index (χ1n) is 13.1. The van der Waals surface area contributed by atoms with Gasteiger partial charge in [-0.25, -0.2) is 0 Å². The van der Waals surface area contributed by atoms with E-state index in [1.54, 1.807) is 25.1 Å². The lowest BCUT2D eigenvalue weighted by molar-refractivity contribution is -0.122. The topological polar surface area (TPSA) is 114 Å². The van der Waals surface area contributed by atoms with Crippen LogP contribution in [0.25, 0.3) is 0 Å². The smallest absolute Gasteiger partial charge is 0.259 e. The van der Waals surface area contributed by atoms with Crippen molar-refractivity contribution in [1.29, 1.82) is 0 Å². The summed E-state index contributed by atoms with van der Waals surface area (Å²) in [5.41, 5.74) is 2.30. The maximum absolute atomic E-state index is 13.5. The number of nitrogens with zero attached hydrogens (tertiary/aromatic N) is 2. The molecular weight excluding hydrogens is 520 g/mol. The molecule has 0 bridgehead atoms. The zero-order valence-electron chi connectivity index (χ0n) is 22.2. The van der Waals surface area contributed by atoms with E-state index < -0.39 is 6.04 Å². The van der Waals surface area contributed by atoms with Crippen molar-refractivity contribution in [3.05, 3.63) is 81.7 Å².